The Morgan fingerprint density at radius 3 is 2.64 bits per heavy atom. The largest absolute Gasteiger partial charge is 0.353 e. The van der Waals surface area contributed by atoms with Gasteiger partial charge in [0.05, 0.1) is 11.0 Å². The number of fused-ring (bicyclic) bond motifs is 2. The standard InChI is InChI=1S/C16H20ClN5/c1-9-12(17)3-4-13-14(9)20-16(19-13)15(18)22-7-10-5-21(2)6-11(10)8-22/h3-4,10-11,18H,5-8H2,1-2H3,(H,19,20)/t10-,11+. The van der Waals surface area contributed by atoms with Crippen molar-refractivity contribution in [3.63, 3.8) is 0 Å². The molecule has 2 aliphatic rings. The van der Waals surface area contributed by atoms with Crippen molar-refractivity contribution < 1.29 is 0 Å². The fraction of sp³-hybridized carbons (Fsp3) is 0.500. The summed E-state index contributed by atoms with van der Waals surface area (Å²) in [6, 6.07) is 3.81. The van der Waals surface area contributed by atoms with Crippen LogP contribution in [0.25, 0.3) is 11.0 Å². The maximum atomic E-state index is 8.50. The van der Waals surface area contributed by atoms with E-state index in [4.69, 9.17) is 17.0 Å². The van der Waals surface area contributed by atoms with Crippen LogP contribution in [0.5, 0.6) is 0 Å². The van der Waals surface area contributed by atoms with Crippen molar-refractivity contribution in [1.29, 1.82) is 5.41 Å². The molecule has 5 nitrogen and oxygen atoms in total. The second kappa shape index (κ2) is 4.96. The highest BCUT2D eigenvalue weighted by atomic mass is 35.5. The minimum Gasteiger partial charge on any atom is -0.353 e. The number of hydrogen-bond acceptors (Lipinski definition) is 3. The average molecular weight is 318 g/mol. The van der Waals surface area contributed by atoms with Gasteiger partial charge >= 0.3 is 0 Å². The minimum absolute atomic E-state index is 0.503. The molecular formula is C16H20ClN5. The van der Waals surface area contributed by atoms with E-state index >= 15 is 0 Å². The molecule has 2 aromatic rings. The van der Waals surface area contributed by atoms with Crippen LogP contribution in [-0.2, 0) is 0 Å². The predicted octanol–water partition coefficient (Wildman–Crippen LogP) is 2.34. The number of nitrogens with zero attached hydrogens (tertiary/aromatic N) is 3. The van der Waals surface area contributed by atoms with E-state index in [1.807, 2.05) is 19.1 Å². The average Bonchev–Trinajstić information content (AvgIpc) is 3.14. The third-order valence-corrected chi connectivity index (χ3v) is 5.46. The van der Waals surface area contributed by atoms with Gasteiger partial charge in [-0.25, -0.2) is 4.98 Å². The quantitative estimate of drug-likeness (QED) is 0.627. The molecule has 4 rings (SSSR count). The number of nitrogens with one attached hydrogen (secondary N) is 2. The Bertz CT molecular complexity index is 738. The molecule has 1 aromatic heterocycles. The highest BCUT2D eigenvalue weighted by molar-refractivity contribution is 6.32. The van der Waals surface area contributed by atoms with Crippen molar-refractivity contribution in [2.24, 2.45) is 11.8 Å². The number of benzene rings is 1. The lowest BCUT2D eigenvalue weighted by Crippen LogP contribution is -2.33. The molecule has 22 heavy (non-hydrogen) atoms. The van der Waals surface area contributed by atoms with Crippen LogP contribution in [0.15, 0.2) is 12.1 Å². The number of H-pyrrole nitrogens is 1. The Labute approximate surface area is 134 Å². The lowest BCUT2D eigenvalue weighted by molar-refractivity contribution is 0.347. The molecule has 0 spiro atoms. The van der Waals surface area contributed by atoms with Crippen molar-refractivity contribution in [1.82, 2.24) is 19.8 Å². The highest BCUT2D eigenvalue weighted by Crippen LogP contribution is 2.31. The van der Waals surface area contributed by atoms with E-state index in [9.17, 15) is 0 Å². The van der Waals surface area contributed by atoms with Crippen molar-refractivity contribution >= 4 is 28.5 Å². The first-order chi connectivity index (χ1) is 10.5. The van der Waals surface area contributed by atoms with E-state index in [2.05, 4.69) is 26.8 Å². The number of hydrogen-bond donors (Lipinski definition) is 2. The Morgan fingerprint density at radius 2 is 1.95 bits per heavy atom. The maximum Gasteiger partial charge on any atom is 0.173 e. The second-order valence-electron chi connectivity index (χ2n) is 6.65. The smallest absolute Gasteiger partial charge is 0.173 e. The summed E-state index contributed by atoms with van der Waals surface area (Å²) < 4.78 is 0. The van der Waals surface area contributed by atoms with E-state index < -0.39 is 0 Å². The van der Waals surface area contributed by atoms with Gasteiger partial charge in [0, 0.05) is 31.2 Å². The predicted molar refractivity (Wildman–Crippen MR) is 88.7 cm³/mol. The number of rotatable bonds is 1. The number of halogens is 1. The van der Waals surface area contributed by atoms with Crippen LogP contribution in [0, 0.1) is 24.2 Å². The van der Waals surface area contributed by atoms with Gasteiger partial charge in [0.1, 0.15) is 0 Å². The summed E-state index contributed by atoms with van der Waals surface area (Å²) in [4.78, 5) is 12.4. The van der Waals surface area contributed by atoms with Crippen molar-refractivity contribution in [2.75, 3.05) is 33.2 Å². The first-order valence-corrected chi connectivity index (χ1v) is 8.08. The zero-order valence-corrected chi connectivity index (χ0v) is 13.6. The topological polar surface area (TPSA) is 59.0 Å². The summed E-state index contributed by atoms with van der Waals surface area (Å²) in [5, 5.41) is 9.22. The summed E-state index contributed by atoms with van der Waals surface area (Å²) in [6.07, 6.45) is 0. The number of imidazole rings is 1. The molecule has 0 radical (unpaired) electrons. The number of likely N-dealkylation sites (tertiary alicyclic amines) is 2. The SMILES string of the molecule is Cc1c(Cl)ccc2[nH]c(C(=N)N3C[C@H]4CN(C)C[C@H]4C3)nc12. The fourth-order valence-electron chi connectivity index (χ4n) is 3.86. The number of amidine groups is 1. The molecule has 6 heteroatoms. The third-order valence-electron chi connectivity index (χ3n) is 5.05. The summed E-state index contributed by atoms with van der Waals surface area (Å²) in [5.74, 6) is 2.52. The molecule has 0 unspecified atom stereocenters. The van der Waals surface area contributed by atoms with Gasteiger partial charge in [0.15, 0.2) is 11.7 Å². The molecule has 2 saturated heterocycles. The van der Waals surface area contributed by atoms with E-state index in [-0.39, 0.29) is 0 Å². The summed E-state index contributed by atoms with van der Waals surface area (Å²) in [6.45, 7) is 6.18. The van der Waals surface area contributed by atoms with Crippen LogP contribution in [0.4, 0.5) is 0 Å². The van der Waals surface area contributed by atoms with Gasteiger partial charge in [0.2, 0.25) is 0 Å². The molecule has 0 aliphatic carbocycles. The van der Waals surface area contributed by atoms with Crippen LogP contribution >= 0.6 is 11.6 Å². The Balaban J connectivity index is 1.60. The van der Waals surface area contributed by atoms with Crippen LogP contribution < -0.4 is 0 Å². The summed E-state index contributed by atoms with van der Waals surface area (Å²) >= 11 is 6.16. The number of aromatic amines is 1. The van der Waals surface area contributed by atoms with E-state index in [1.54, 1.807) is 0 Å². The molecule has 0 bridgehead atoms. The molecule has 116 valence electrons. The molecule has 2 fully saturated rings. The van der Waals surface area contributed by atoms with Gasteiger partial charge in [-0.2, -0.15) is 0 Å². The molecule has 3 heterocycles. The van der Waals surface area contributed by atoms with Crippen LogP contribution in [-0.4, -0.2) is 58.8 Å². The van der Waals surface area contributed by atoms with Crippen molar-refractivity contribution in [3.05, 3.63) is 28.5 Å². The van der Waals surface area contributed by atoms with Crippen LogP contribution in [0.2, 0.25) is 5.02 Å². The Morgan fingerprint density at radius 1 is 1.27 bits per heavy atom. The molecule has 2 atom stereocenters. The van der Waals surface area contributed by atoms with Crippen LogP contribution in [0.3, 0.4) is 0 Å². The molecule has 0 saturated carbocycles. The zero-order chi connectivity index (χ0) is 15.4. The molecule has 2 N–H and O–H groups in total. The zero-order valence-electron chi connectivity index (χ0n) is 12.9. The van der Waals surface area contributed by atoms with Crippen molar-refractivity contribution in [2.45, 2.75) is 6.92 Å². The highest BCUT2D eigenvalue weighted by Gasteiger charge is 2.40. The lowest BCUT2D eigenvalue weighted by Gasteiger charge is -2.20. The minimum atomic E-state index is 0.503. The first kappa shape index (κ1) is 14.0. The van der Waals surface area contributed by atoms with E-state index in [0.717, 1.165) is 47.8 Å². The number of aryl methyl sites for hydroxylation is 1. The van der Waals surface area contributed by atoms with Gasteiger partial charge in [-0.3, -0.25) is 5.41 Å². The Kier molecular flexibility index (Phi) is 3.16. The van der Waals surface area contributed by atoms with Gasteiger partial charge in [-0.15, -0.1) is 0 Å². The van der Waals surface area contributed by atoms with Crippen molar-refractivity contribution in [3.8, 4) is 0 Å². The monoisotopic (exact) mass is 317 g/mol. The van der Waals surface area contributed by atoms with Gasteiger partial charge < -0.3 is 14.8 Å². The van der Waals surface area contributed by atoms with E-state index in [1.165, 1.54) is 0 Å². The fourth-order valence-corrected chi connectivity index (χ4v) is 4.01. The number of aromatic nitrogens is 2. The first-order valence-electron chi connectivity index (χ1n) is 7.70. The molecular weight excluding hydrogens is 298 g/mol. The third kappa shape index (κ3) is 2.11. The molecule has 1 aromatic carbocycles. The summed E-state index contributed by atoms with van der Waals surface area (Å²) in [7, 11) is 2.18. The van der Waals surface area contributed by atoms with Gasteiger partial charge in [0.25, 0.3) is 0 Å². The van der Waals surface area contributed by atoms with Gasteiger partial charge in [-0.1, -0.05) is 11.6 Å². The molecule has 0 amide bonds. The van der Waals surface area contributed by atoms with Crippen LogP contribution in [0.1, 0.15) is 11.4 Å². The maximum absolute atomic E-state index is 8.50. The van der Waals surface area contributed by atoms with E-state index in [0.29, 0.717) is 23.5 Å². The second-order valence-corrected chi connectivity index (χ2v) is 7.06. The molecule has 2 aliphatic heterocycles. The normalized spacial score (nSPS) is 25.1. The van der Waals surface area contributed by atoms with Gasteiger partial charge in [-0.05, 0) is 43.5 Å². The summed E-state index contributed by atoms with van der Waals surface area (Å²) in [5.41, 5.74) is 2.78. The lowest BCUT2D eigenvalue weighted by atomic mass is 10.0. The Hall–Kier alpha value is -1.59.